The molecular weight excluding hydrogens is 250 g/mol. The van der Waals surface area contributed by atoms with Crippen molar-refractivity contribution < 1.29 is 14.6 Å². The van der Waals surface area contributed by atoms with E-state index in [0.717, 1.165) is 0 Å². The lowest BCUT2D eigenvalue weighted by atomic mass is 10.2. The lowest BCUT2D eigenvalue weighted by molar-refractivity contribution is 0.0694. The summed E-state index contributed by atoms with van der Waals surface area (Å²) in [6, 6.07) is 6.04. The first-order valence-corrected chi connectivity index (χ1v) is 5.41. The summed E-state index contributed by atoms with van der Waals surface area (Å²) in [5.74, 6) is -0.879. The number of nitrogens with zero attached hydrogens (tertiary/aromatic N) is 3. The quantitative estimate of drug-likeness (QED) is 0.855. The van der Waals surface area contributed by atoms with Crippen LogP contribution in [0.2, 0.25) is 0 Å². The lowest BCUT2D eigenvalue weighted by Gasteiger charge is -2.05. The van der Waals surface area contributed by atoms with E-state index in [9.17, 15) is 9.59 Å². The molecule has 0 amide bonds. The summed E-state index contributed by atoms with van der Waals surface area (Å²) >= 11 is 0. The number of carboxylic acid groups (broad SMARTS) is 1. The summed E-state index contributed by atoms with van der Waals surface area (Å²) in [6.07, 6.45) is 1.50. The number of carbonyl (C=O) groups is 1. The first-order chi connectivity index (χ1) is 9.11. The van der Waals surface area contributed by atoms with Crippen LogP contribution in [-0.4, -0.2) is 33.0 Å². The molecule has 7 nitrogen and oxygen atoms in total. The van der Waals surface area contributed by atoms with Crippen molar-refractivity contribution in [1.82, 2.24) is 14.8 Å². The number of aromatic carboxylic acids is 1. The van der Waals surface area contributed by atoms with Gasteiger partial charge in [-0.1, -0.05) is 0 Å². The highest BCUT2D eigenvalue weighted by atomic mass is 16.5. The predicted molar refractivity (Wildman–Crippen MR) is 65.3 cm³/mol. The molecular formula is C12H11N3O4. The van der Waals surface area contributed by atoms with Crippen molar-refractivity contribution in [3.05, 3.63) is 52.1 Å². The topological polar surface area (TPSA) is 94.3 Å². The van der Waals surface area contributed by atoms with Gasteiger partial charge in [0.25, 0.3) is 5.56 Å². The molecule has 2 heterocycles. The molecule has 0 fully saturated rings. The summed E-state index contributed by atoms with van der Waals surface area (Å²) in [5, 5.41) is 16.5. The predicted octanol–water partition coefficient (Wildman–Crippen LogP) is 0.393. The molecule has 98 valence electrons. The number of pyridine rings is 1. The van der Waals surface area contributed by atoms with Crippen molar-refractivity contribution in [3.63, 3.8) is 0 Å². The fourth-order valence-electron chi connectivity index (χ4n) is 1.54. The highest BCUT2D eigenvalue weighted by Gasteiger charge is 2.10. The Morgan fingerprint density at radius 1 is 1.37 bits per heavy atom. The van der Waals surface area contributed by atoms with Gasteiger partial charge in [0.15, 0.2) is 0 Å². The Hall–Kier alpha value is -2.70. The second-order valence-electron chi connectivity index (χ2n) is 3.73. The van der Waals surface area contributed by atoms with Crippen LogP contribution in [0.15, 0.2) is 35.3 Å². The zero-order valence-electron chi connectivity index (χ0n) is 10.1. The van der Waals surface area contributed by atoms with Gasteiger partial charge < -0.3 is 14.4 Å². The first-order valence-electron chi connectivity index (χ1n) is 5.41. The van der Waals surface area contributed by atoms with Crippen LogP contribution < -0.4 is 10.3 Å². The Bertz CT molecular complexity index is 649. The standard InChI is InChI=1S/C12H11N3O4/c1-19-10-5-4-8(13-14-10)7-15-6-2-3-9(11(15)16)12(17)18/h2-6H,7H2,1H3,(H,17,18). The second-order valence-corrected chi connectivity index (χ2v) is 3.73. The number of methoxy groups -OCH3 is 1. The molecule has 1 N–H and O–H groups in total. The van der Waals surface area contributed by atoms with E-state index in [1.165, 1.54) is 30.0 Å². The van der Waals surface area contributed by atoms with Crippen LogP contribution in [0.5, 0.6) is 5.88 Å². The number of hydrogen-bond acceptors (Lipinski definition) is 5. The maximum Gasteiger partial charge on any atom is 0.341 e. The Labute approximate surface area is 108 Å². The van der Waals surface area contributed by atoms with Gasteiger partial charge in [-0.2, -0.15) is 0 Å². The molecule has 0 aliphatic heterocycles. The Morgan fingerprint density at radius 3 is 2.74 bits per heavy atom. The average Bonchev–Trinajstić information content (AvgIpc) is 2.41. The molecule has 19 heavy (non-hydrogen) atoms. The minimum absolute atomic E-state index is 0.150. The first kappa shape index (κ1) is 12.7. The fraction of sp³-hybridized carbons (Fsp3) is 0.167. The van der Waals surface area contributed by atoms with E-state index < -0.39 is 11.5 Å². The summed E-state index contributed by atoms with van der Waals surface area (Å²) in [7, 11) is 1.48. The van der Waals surface area contributed by atoms with Gasteiger partial charge in [0.2, 0.25) is 5.88 Å². The monoisotopic (exact) mass is 261 g/mol. The van der Waals surface area contributed by atoms with Crippen molar-refractivity contribution in [3.8, 4) is 5.88 Å². The van der Waals surface area contributed by atoms with Crippen LogP contribution in [0.25, 0.3) is 0 Å². The van der Waals surface area contributed by atoms with Crippen molar-refractivity contribution in [2.24, 2.45) is 0 Å². The van der Waals surface area contributed by atoms with E-state index in [1.54, 1.807) is 12.1 Å². The Morgan fingerprint density at radius 2 is 2.16 bits per heavy atom. The van der Waals surface area contributed by atoms with Crippen LogP contribution in [0.4, 0.5) is 0 Å². The zero-order valence-corrected chi connectivity index (χ0v) is 10.1. The largest absolute Gasteiger partial charge is 0.480 e. The molecule has 2 aromatic rings. The minimum Gasteiger partial charge on any atom is -0.480 e. The summed E-state index contributed by atoms with van der Waals surface area (Å²) in [4.78, 5) is 22.7. The van der Waals surface area contributed by atoms with E-state index in [0.29, 0.717) is 11.6 Å². The van der Waals surface area contributed by atoms with Crippen molar-refractivity contribution in [2.45, 2.75) is 6.54 Å². The molecule has 2 aromatic heterocycles. The van der Waals surface area contributed by atoms with Crippen molar-refractivity contribution in [2.75, 3.05) is 7.11 Å². The minimum atomic E-state index is -1.25. The maximum absolute atomic E-state index is 11.8. The lowest BCUT2D eigenvalue weighted by Crippen LogP contribution is -2.26. The molecule has 0 aromatic carbocycles. The van der Waals surface area contributed by atoms with Gasteiger partial charge in [-0.15, -0.1) is 10.2 Å². The van der Waals surface area contributed by atoms with Crippen molar-refractivity contribution in [1.29, 1.82) is 0 Å². The SMILES string of the molecule is COc1ccc(Cn2cccc(C(=O)O)c2=O)nn1. The molecule has 0 spiro atoms. The molecule has 0 radical (unpaired) electrons. The van der Waals surface area contributed by atoms with Gasteiger partial charge in [-0.25, -0.2) is 4.79 Å². The van der Waals surface area contributed by atoms with Crippen LogP contribution >= 0.6 is 0 Å². The normalized spacial score (nSPS) is 10.2. The highest BCUT2D eigenvalue weighted by molar-refractivity contribution is 5.86. The van der Waals surface area contributed by atoms with Crippen molar-refractivity contribution >= 4 is 5.97 Å². The molecule has 0 aliphatic rings. The van der Waals surface area contributed by atoms with E-state index in [1.807, 2.05) is 0 Å². The van der Waals surface area contributed by atoms with Gasteiger partial charge in [0.05, 0.1) is 19.3 Å². The zero-order chi connectivity index (χ0) is 13.8. The number of aromatic nitrogens is 3. The molecule has 7 heteroatoms. The van der Waals surface area contributed by atoms with Gasteiger partial charge >= 0.3 is 5.97 Å². The smallest absolute Gasteiger partial charge is 0.341 e. The molecule has 2 rings (SSSR count). The van der Waals surface area contributed by atoms with E-state index in [4.69, 9.17) is 9.84 Å². The van der Waals surface area contributed by atoms with Crippen LogP contribution in [0, 0.1) is 0 Å². The third-order valence-corrected chi connectivity index (χ3v) is 2.49. The van der Waals surface area contributed by atoms with Crippen LogP contribution in [-0.2, 0) is 6.54 Å². The van der Waals surface area contributed by atoms with Crippen LogP contribution in [0.1, 0.15) is 16.1 Å². The fourth-order valence-corrected chi connectivity index (χ4v) is 1.54. The highest BCUT2D eigenvalue weighted by Crippen LogP contribution is 2.04. The number of hydrogen-bond donors (Lipinski definition) is 1. The summed E-state index contributed by atoms with van der Waals surface area (Å²) in [6.45, 7) is 0.150. The number of carboxylic acids is 1. The van der Waals surface area contributed by atoms with Gasteiger partial charge in [-0.05, 0) is 18.2 Å². The third-order valence-electron chi connectivity index (χ3n) is 2.49. The second kappa shape index (κ2) is 5.30. The molecule has 0 saturated heterocycles. The average molecular weight is 261 g/mol. The van der Waals surface area contributed by atoms with E-state index in [-0.39, 0.29) is 12.1 Å². The third kappa shape index (κ3) is 2.76. The Balaban J connectivity index is 2.30. The van der Waals surface area contributed by atoms with E-state index >= 15 is 0 Å². The Kier molecular flexibility index (Phi) is 3.56. The summed E-state index contributed by atoms with van der Waals surface area (Å²) < 4.78 is 6.14. The molecule has 0 bridgehead atoms. The molecule has 0 atom stereocenters. The van der Waals surface area contributed by atoms with Gasteiger partial charge in [0, 0.05) is 12.3 Å². The van der Waals surface area contributed by atoms with Gasteiger partial charge in [-0.3, -0.25) is 4.79 Å². The van der Waals surface area contributed by atoms with Gasteiger partial charge in [0.1, 0.15) is 5.56 Å². The number of ether oxygens (including phenoxy) is 1. The summed E-state index contributed by atoms with van der Waals surface area (Å²) in [5.41, 5.74) is -0.318. The van der Waals surface area contributed by atoms with E-state index in [2.05, 4.69) is 10.2 Å². The van der Waals surface area contributed by atoms with Crippen LogP contribution in [0.3, 0.4) is 0 Å². The molecule has 0 saturated carbocycles. The number of rotatable bonds is 4. The molecule has 0 unspecified atom stereocenters. The maximum atomic E-state index is 11.8. The molecule has 0 aliphatic carbocycles.